The Morgan fingerprint density at radius 3 is 2.33 bits per heavy atom. The van der Waals surface area contributed by atoms with Crippen LogP contribution in [0.3, 0.4) is 0 Å². The van der Waals surface area contributed by atoms with E-state index in [0.29, 0.717) is 30.4 Å². The van der Waals surface area contributed by atoms with Crippen molar-refractivity contribution >= 4 is 42.1 Å². The normalized spacial score (nSPS) is 17.1. The van der Waals surface area contributed by atoms with Crippen LogP contribution in [0.5, 0.6) is 0 Å². The molecule has 1 aromatic heterocycles. The number of rotatable bonds is 4. The SMILES string of the molecule is Cc1cc(F)c(-c2c(F)ccc(C(=O)Nc3cnccc3N3C[C@H](C)C[C@H](N)C3)c2F)c(F)c1.Cl.Cl. The topological polar surface area (TPSA) is 71.2 Å². The van der Waals surface area contributed by atoms with Gasteiger partial charge in [-0.05, 0) is 55.2 Å². The molecule has 3 aromatic rings. The molecule has 0 spiro atoms. The van der Waals surface area contributed by atoms with Crippen LogP contribution in [0.25, 0.3) is 11.1 Å². The molecule has 36 heavy (non-hydrogen) atoms. The molecule has 0 radical (unpaired) electrons. The Morgan fingerprint density at radius 2 is 1.69 bits per heavy atom. The van der Waals surface area contributed by atoms with Gasteiger partial charge in [-0.15, -0.1) is 24.8 Å². The highest BCUT2D eigenvalue weighted by atomic mass is 35.5. The summed E-state index contributed by atoms with van der Waals surface area (Å²) in [7, 11) is 0. The maximum absolute atomic E-state index is 15.3. The Morgan fingerprint density at radius 1 is 1.03 bits per heavy atom. The van der Waals surface area contributed by atoms with E-state index in [1.54, 1.807) is 12.3 Å². The van der Waals surface area contributed by atoms with Crippen LogP contribution in [0.1, 0.15) is 29.3 Å². The van der Waals surface area contributed by atoms with Crippen molar-refractivity contribution in [3.05, 3.63) is 77.1 Å². The van der Waals surface area contributed by atoms with Gasteiger partial charge < -0.3 is 16.0 Å². The second kappa shape index (κ2) is 11.9. The van der Waals surface area contributed by atoms with Crippen LogP contribution in [0.2, 0.25) is 0 Å². The van der Waals surface area contributed by atoms with Crippen LogP contribution >= 0.6 is 24.8 Å². The first kappa shape index (κ1) is 29.4. The van der Waals surface area contributed by atoms with Crippen LogP contribution in [-0.2, 0) is 0 Å². The van der Waals surface area contributed by atoms with E-state index in [2.05, 4.69) is 17.2 Å². The van der Waals surface area contributed by atoms with Gasteiger partial charge in [0.15, 0.2) is 0 Å². The van der Waals surface area contributed by atoms with Gasteiger partial charge in [0.05, 0.1) is 34.3 Å². The lowest BCUT2D eigenvalue weighted by molar-refractivity contribution is 0.102. The van der Waals surface area contributed by atoms with E-state index in [1.165, 1.54) is 13.1 Å². The molecular weight excluding hydrogens is 519 g/mol. The van der Waals surface area contributed by atoms with Gasteiger partial charge in [-0.2, -0.15) is 0 Å². The highest BCUT2D eigenvalue weighted by Crippen LogP contribution is 2.34. The second-order valence-electron chi connectivity index (χ2n) is 8.74. The summed E-state index contributed by atoms with van der Waals surface area (Å²) >= 11 is 0. The Hall–Kier alpha value is -2.88. The number of nitrogens with two attached hydrogens (primary N) is 1. The number of pyridine rings is 1. The van der Waals surface area contributed by atoms with E-state index in [1.807, 2.05) is 4.90 Å². The first-order valence-electron chi connectivity index (χ1n) is 10.9. The summed E-state index contributed by atoms with van der Waals surface area (Å²) in [6.45, 7) is 4.80. The summed E-state index contributed by atoms with van der Waals surface area (Å²) in [6, 6.07) is 5.34. The third kappa shape index (κ3) is 5.91. The summed E-state index contributed by atoms with van der Waals surface area (Å²) < 4.78 is 58.7. The zero-order valence-corrected chi connectivity index (χ0v) is 21.2. The average Bonchev–Trinajstić information content (AvgIpc) is 2.75. The van der Waals surface area contributed by atoms with Gasteiger partial charge in [0, 0.05) is 25.3 Å². The van der Waals surface area contributed by atoms with Gasteiger partial charge in [0.1, 0.15) is 23.3 Å². The van der Waals surface area contributed by atoms with Crippen LogP contribution < -0.4 is 16.0 Å². The summed E-state index contributed by atoms with van der Waals surface area (Å²) in [5.74, 6) is -5.38. The number of anilines is 2. The van der Waals surface area contributed by atoms with Crippen molar-refractivity contribution < 1.29 is 22.4 Å². The number of nitrogens with one attached hydrogen (secondary N) is 1. The van der Waals surface area contributed by atoms with Crippen molar-refractivity contribution in [1.82, 2.24) is 4.98 Å². The maximum Gasteiger partial charge on any atom is 0.258 e. The molecule has 1 fully saturated rings. The lowest BCUT2D eigenvalue weighted by Crippen LogP contribution is -2.46. The van der Waals surface area contributed by atoms with Gasteiger partial charge in [0.25, 0.3) is 5.91 Å². The zero-order chi connectivity index (χ0) is 24.6. The number of benzene rings is 2. The molecule has 1 aliphatic rings. The van der Waals surface area contributed by atoms with Crippen LogP contribution in [0.15, 0.2) is 42.7 Å². The number of piperidine rings is 1. The van der Waals surface area contributed by atoms with Gasteiger partial charge in [-0.3, -0.25) is 9.78 Å². The largest absolute Gasteiger partial charge is 0.368 e. The fraction of sp³-hybridized carbons (Fsp3) is 0.280. The van der Waals surface area contributed by atoms with Gasteiger partial charge in [-0.25, -0.2) is 17.6 Å². The molecule has 11 heteroatoms. The summed E-state index contributed by atoms with van der Waals surface area (Å²) in [6.07, 6.45) is 3.86. The van der Waals surface area contributed by atoms with Crippen molar-refractivity contribution in [2.75, 3.05) is 23.3 Å². The first-order valence-corrected chi connectivity index (χ1v) is 10.9. The summed E-state index contributed by atoms with van der Waals surface area (Å²) in [5.41, 5.74) is 5.00. The van der Waals surface area contributed by atoms with Gasteiger partial charge in [-0.1, -0.05) is 6.92 Å². The fourth-order valence-electron chi connectivity index (χ4n) is 4.44. The molecule has 2 atom stereocenters. The quantitative estimate of drug-likeness (QED) is 0.402. The molecule has 2 aromatic carbocycles. The van der Waals surface area contributed by atoms with Crippen molar-refractivity contribution in [3.63, 3.8) is 0 Å². The average molecular weight is 545 g/mol. The second-order valence-corrected chi connectivity index (χ2v) is 8.74. The zero-order valence-electron chi connectivity index (χ0n) is 19.5. The third-order valence-corrected chi connectivity index (χ3v) is 5.85. The molecule has 0 bridgehead atoms. The Balaban J connectivity index is 0.00000228. The smallest absolute Gasteiger partial charge is 0.258 e. The van der Waals surface area contributed by atoms with E-state index in [0.717, 1.165) is 30.7 Å². The monoisotopic (exact) mass is 544 g/mol. The van der Waals surface area contributed by atoms with E-state index in [-0.39, 0.29) is 36.4 Å². The maximum atomic E-state index is 15.3. The number of aryl methyl sites for hydroxylation is 1. The predicted octanol–water partition coefficient (Wildman–Crippen LogP) is 5.88. The molecule has 1 saturated heterocycles. The van der Waals surface area contributed by atoms with Crippen LogP contribution in [-0.4, -0.2) is 30.0 Å². The fourth-order valence-corrected chi connectivity index (χ4v) is 4.44. The minimum absolute atomic E-state index is 0. The Bertz CT molecular complexity index is 1230. The molecular formula is C25H26Cl2F4N4O. The Labute approximate surface area is 218 Å². The molecule has 0 aliphatic carbocycles. The van der Waals surface area contributed by atoms with Crippen LogP contribution in [0.4, 0.5) is 28.9 Å². The third-order valence-electron chi connectivity index (χ3n) is 5.85. The highest BCUT2D eigenvalue weighted by molar-refractivity contribution is 6.06. The summed E-state index contributed by atoms with van der Waals surface area (Å²) in [4.78, 5) is 19.0. The molecule has 194 valence electrons. The number of hydrogen-bond donors (Lipinski definition) is 2. The van der Waals surface area contributed by atoms with Crippen molar-refractivity contribution in [1.29, 1.82) is 0 Å². The van der Waals surface area contributed by atoms with E-state index < -0.39 is 45.9 Å². The molecule has 1 aliphatic heterocycles. The molecule has 4 rings (SSSR count). The first-order chi connectivity index (χ1) is 16.2. The van der Waals surface area contributed by atoms with Crippen molar-refractivity contribution in [2.24, 2.45) is 11.7 Å². The summed E-state index contributed by atoms with van der Waals surface area (Å²) in [5, 5.41) is 2.60. The molecule has 1 amide bonds. The molecule has 3 N–H and O–H groups in total. The number of hydrogen-bond acceptors (Lipinski definition) is 4. The minimum Gasteiger partial charge on any atom is -0.368 e. The highest BCUT2D eigenvalue weighted by Gasteiger charge is 2.27. The van der Waals surface area contributed by atoms with Gasteiger partial charge in [0.2, 0.25) is 0 Å². The number of nitrogens with zero attached hydrogens (tertiary/aromatic N) is 2. The number of amides is 1. The minimum atomic E-state index is -1.36. The Kier molecular flexibility index (Phi) is 9.70. The number of halogens is 6. The standard InChI is InChI=1S/C25H24F4N4O.2ClH/c1-13-8-18(27)22(19(28)9-13)23-17(26)4-3-16(24(23)29)25(34)32-20-10-31-6-5-21(20)33-11-14(2)7-15(30)12-33;;/h3-6,8-10,14-15H,7,11-12,30H2,1-2H3,(H,32,34);2*1H/t14-,15+;;/m1../s1. The number of carbonyl (C=O) groups excluding carboxylic acids is 1. The number of aromatic nitrogens is 1. The van der Waals surface area contributed by atoms with E-state index >= 15 is 4.39 Å². The number of carbonyl (C=O) groups is 1. The lowest BCUT2D eigenvalue weighted by atomic mass is 9.96. The molecule has 5 nitrogen and oxygen atoms in total. The van der Waals surface area contributed by atoms with Crippen LogP contribution in [0, 0.1) is 36.1 Å². The van der Waals surface area contributed by atoms with Crippen molar-refractivity contribution in [2.45, 2.75) is 26.3 Å². The molecule has 2 heterocycles. The van der Waals surface area contributed by atoms with Crippen molar-refractivity contribution in [3.8, 4) is 11.1 Å². The van der Waals surface area contributed by atoms with E-state index in [9.17, 15) is 18.0 Å². The molecule has 0 unspecified atom stereocenters. The molecule has 0 saturated carbocycles. The van der Waals surface area contributed by atoms with E-state index in [4.69, 9.17) is 5.73 Å². The lowest BCUT2D eigenvalue weighted by Gasteiger charge is -2.37. The van der Waals surface area contributed by atoms with Gasteiger partial charge >= 0.3 is 0 Å². The predicted molar refractivity (Wildman–Crippen MR) is 137 cm³/mol.